The molecule has 0 N–H and O–H groups in total. The summed E-state index contributed by atoms with van der Waals surface area (Å²) in [6.45, 7) is 0. The first-order valence-corrected chi connectivity index (χ1v) is 23.3. The number of benzene rings is 12. The van der Waals surface area contributed by atoms with E-state index in [1.54, 1.807) is 0 Å². The zero-order valence-corrected chi connectivity index (χ0v) is 37.2. The van der Waals surface area contributed by atoms with Crippen LogP contribution in [0.4, 0.5) is 17.1 Å². The summed E-state index contributed by atoms with van der Waals surface area (Å²) in [6.07, 6.45) is 0. The highest BCUT2D eigenvalue weighted by Gasteiger charge is 2.21. The summed E-state index contributed by atoms with van der Waals surface area (Å²) < 4.78 is 6.48. The predicted molar refractivity (Wildman–Crippen MR) is 288 cm³/mol. The van der Waals surface area contributed by atoms with Crippen LogP contribution in [-0.4, -0.2) is 0 Å². The number of hydrogen-bond acceptors (Lipinski definition) is 2. The third kappa shape index (κ3) is 6.65. The average Bonchev–Trinajstić information content (AvgIpc) is 3.81. The Hall–Kier alpha value is -8.98. The summed E-state index contributed by atoms with van der Waals surface area (Å²) in [5, 5.41) is 9.64. The molecule has 0 aliphatic heterocycles. The van der Waals surface area contributed by atoms with Gasteiger partial charge in [-0.3, -0.25) is 0 Å². The molecule has 12 aromatic carbocycles. The van der Waals surface area contributed by atoms with Crippen LogP contribution in [0.15, 0.2) is 265 Å². The molecule has 0 aliphatic rings. The zero-order chi connectivity index (χ0) is 45.0. The van der Waals surface area contributed by atoms with Gasteiger partial charge in [0.15, 0.2) is 0 Å². The standard InChI is InChI=1S/C66H43NO/c1-4-17-45(18-5-1)52-41-42-62(57-25-12-10-23-54(52)57)67(51-38-33-46(34-39-51)53-28-16-29-60-58-26-14-15-30-63(58)68-66(53)60)50-36-31-44(32-37-50)49-35-40-56-55-24-11-13-27-59(55)64(47-19-6-2-7-20-47)65(61(56)43-49)48-21-8-3-9-22-48/h1-43H. The fourth-order valence-corrected chi connectivity index (χ4v) is 10.5. The largest absolute Gasteiger partial charge is 0.455 e. The molecule has 0 atom stereocenters. The summed E-state index contributed by atoms with van der Waals surface area (Å²) in [5.74, 6) is 0. The normalized spacial score (nSPS) is 11.5. The van der Waals surface area contributed by atoms with Gasteiger partial charge in [0.1, 0.15) is 11.2 Å². The van der Waals surface area contributed by atoms with Gasteiger partial charge < -0.3 is 9.32 Å². The molecule has 0 bridgehead atoms. The second kappa shape index (κ2) is 16.5. The van der Waals surface area contributed by atoms with E-state index in [1.165, 1.54) is 71.3 Å². The molecule has 0 radical (unpaired) electrons. The molecule has 0 unspecified atom stereocenters. The first-order chi connectivity index (χ1) is 33.7. The molecule has 0 saturated carbocycles. The fourth-order valence-electron chi connectivity index (χ4n) is 10.5. The first kappa shape index (κ1) is 39.4. The van der Waals surface area contributed by atoms with E-state index in [0.717, 1.165) is 55.7 Å². The van der Waals surface area contributed by atoms with E-state index in [2.05, 4.69) is 254 Å². The zero-order valence-electron chi connectivity index (χ0n) is 37.2. The lowest BCUT2D eigenvalue weighted by Crippen LogP contribution is -2.10. The van der Waals surface area contributed by atoms with E-state index in [0.29, 0.717) is 0 Å². The van der Waals surface area contributed by atoms with E-state index in [9.17, 15) is 0 Å². The number of furan rings is 1. The van der Waals surface area contributed by atoms with Crippen molar-refractivity contribution in [3.05, 3.63) is 261 Å². The average molecular weight is 866 g/mol. The van der Waals surface area contributed by atoms with E-state index in [4.69, 9.17) is 4.42 Å². The second-order valence-corrected chi connectivity index (χ2v) is 17.5. The summed E-state index contributed by atoms with van der Waals surface area (Å²) in [5.41, 5.74) is 16.9. The Balaban J connectivity index is 0.963. The lowest BCUT2D eigenvalue weighted by Gasteiger charge is -2.28. The Kier molecular flexibility index (Phi) is 9.54. The van der Waals surface area contributed by atoms with Crippen molar-refractivity contribution in [2.45, 2.75) is 0 Å². The maximum absolute atomic E-state index is 6.48. The number of fused-ring (bicyclic) bond motifs is 7. The molecule has 318 valence electrons. The van der Waals surface area contributed by atoms with Gasteiger partial charge in [-0.15, -0.1) is 0 Å². The number of para-hydroxylation sites is 2. The van der Waals surface area contributed by atoms with Crippen LogP contribution in [-0.2, 0) is 0 Å². The van der Waals surface area contributed by atoms with Gasteiger partial charge in [-0.05, 0) is 119 Å². The van der Waals surface area contributed by atoms with Crippen molar-refractivity contribution in [2.75, 3.05) is 4.90 Å². The van der Waals surface area contributed by atoms with Crippen LogP contribution in [0.3, 0.4) is 0 Å². The van der Waals surface area contributed by atoms with Gasteiger partial charge in [-0.2, -0.15) is 0 Å². The molecule has 2 heteroatoms. The highest BCUT2D eigenvalue weighted by atomic mass is 16.3. The van der Waals surface area contributed by atoms with Gasteiger partial charge in [-0.25, -0.2) is 0 Å². The fraction of sp³-hybridized carbons (Fsp3) is 0. The van der Waals surface area contributed by atoms with Gasteiger partial charge in [-0.1, -0.05) is 218 Å². The molecule has 0 aliphatic carbocycles. The topological polar surface area (TPSA) is 16.4 Å². The van der Waals surface area contributed by atoms with E-state index < -0.39 is 0 Å². The minimum atomic E-state index is 0.901. The molecular formula is C66H43NO. The number of anilines is 3. The second-order valence-electron chi connectivity index (χ2n) is 17.5. The maximum Gasteiger partial charge on any atom is 0.143 e. The third-order valence-electron chi connectivity index (χ3n) is 13.7. The van der Waals surface area contributed by atoms with Gasteiger partial charge in [0.25, 0.3) is 0 Å². The summed E-state index contributed by atoms with van der Waals surface area (Å²) in [7, 11) is 0. The Bertz CT molecular complexity index is 3990. The molecule has 1 aromatic heterocycles. The van der Waals surface area contributed by atoms with Gasteiger partial charge in [0.05, 0.1) is 5.69 Å². The molecule has 0 amide bonds. The van der Waals surface area contributed by atoms with E-state index >= 15 is 0 Å². The molecule has 1 heterocycles. The van der Waals surface area contributed by atoms with E-state index in [-0.39, 0.29) is 0 Å². The smallest absolute Gasteiger partial charge is 0.143 e. The lowest BCUT2D eigenvalue weighted by molar-refractivity contribution is 0.670. The lowest BCUT2D eigenvalue weighted by atomic mass is 9.84. The Morgan fingerprint density at radius 2 is 0.735 bits per heavy atom. The van der Waals surface area contributed by atoms with Crippen LogP contribution in [0.2, 0.25) is 0 Å². The molecule has 13 rings (SSSR count). The highest BCUT2D eigenvalue weighted by Crippen LogP contribution is 2.47. The number of nitrogens with zero attached hydrogens (tertiary/aromatic N) is 1. The molecule has 68 heavy (non-hydrogen) atoms. The molecule has 0 fully saturated rings. The van der Waals surface area contributed by atoms with Crippen molar-refractivity contribution < 1.29 is 4.42 Å². The van der Waals surface area contributed by atoms with Crippen LogP contribution >= 0.6 is 0 Å². The van der Waals surface area contributed by atoms with Gasteiger partial charge in [0.2, 0.25) is 0 Å². The molecule has 0 spiro atoms. The SMILES string of the molecule is c1ccc(-c2ccc(N(c3ccc(-c4ccc5c(c4)c(-c4ccccc4)c(-c4ccccc4)c4ccccc45)cc3)c3ccc(-c4cccc5c4oc4ccccc45)cc3)c3ccccc23)cc1. The van der Waals surface area contributed by atoms with Crippen molar-refractivity contribution in [1.82, 2.24) is 0 Å². The van der Waals surface area contributed by atoms with Gasteiger partial charge >= 0.3 is 0 Å². The summed E-state index contributed by atoms with van der Waals surface area (Å²) >= 11 is 0. The number of rotatable bonds is 8. The van der Waals surface area contributed by atoms with Crippen LogP contribution in [0.5, 0.6) is 0 Å². The molecule has 13 aromatic rings. The van der Waals surface area contributed by atoms with Crippen molar-refractivity contribution in [3.8, 4) is 55.6 Å². The highest BCUT2D eigenvalue weighted by molar-refractivity contribution is 6.22. The minimum absolute atomic E-state index is 0.901. The number of hydrogen-bond donors (Lipinski definition) is 0. The van der Waals surface area contributed by atoms with Crippen LogP contribution in [0.1, 0.15) is 0 Å². The molecule has 0 saturated heterocycles. The minimum Gasteiger partial charge on any atom is -0.455 e. The Morgan fingerprint density at radius 3 is 1.41 bits per heavy atom. The van der Waals surface area contributed by atoms with E-state index in [1.807, 2.05) is 12.1 Å². The quantitative estimate of drug-likeness (QED) is 0.142. The van der Waals surface area contributed by atoms with Crippen LogP contribution in [0, 0.1) is 0 Å². The van der Waals surface area contributed by atoms with Crippen molar-refractivity contribution >= 4 is 71.3 Å². The van der Waals surface area contributed by atoms with Crippen LogP contribution < -0.4 is 4.90 Å². The monoisotopic (exact) mass is 865 g/mol. The predicted octanol–water partition coefficient (Wildman–Crippen LogP) is 18.9. The molecular weight excluding hydrogens is 823 g/mol. The molecule has 2 nitrogen and oxygen atoms in total. The third-order valence-corrected chi connectivity index (χ3v) is 13.7. The summed E-state index contributed by atoms with van der Waals surface area (Å²) in [6, 6.07) is 94.4. The van der Waals surface area contributed by atoms with Crippen LogP contribution in [0.25, 0.3) is 110 Å². The Morgan fingerprint density at radius 1 is 0.250 bits per heavy atom. The maximum atomic E-state index is 6.48. The Labute approximate surface area is 395 Å². The van der Waals surface area contributed by atoms with Crippen molar-refractivity contribution in [2.24, 2.45) is 0 Å². The van der Waals surface area contributed by atoms with Crippen molar-refractivity contribution in [3.63, 3.8) is 0 Å². The van der Waals surface area contributed by atoms with Gasteiger partial charge in [0, 0.05) is 33.1 Å². The summed E-state index contributed by atoms with van der Waals surface area (Å²) in [4.78, 5) is 2.40. The van der Waals surface area contributed by atoms with Crippen molar-refractivity contribution in [1.29, 1.82) is 0 Å². The first-order valence-electron chi connectivity index (χ1n) is 23.3.